The molecule has 1 atom stereocenters. The van der Waals surface area contributed by atoms with Crippen LogP contribution in [-0.4, -0.2) is 82.6 Å². The summed E-state index contributed by atoms with van der Waals surface area (Å²) in [5.41, 5.74) is 0. The smallest absolute Gasteiger partial charge is 0.259 e. The number of nitrogens with one attached hydrogen (secondary N) is 1. The van der Waals surface area contributed by atoms with Gasteiger partial charge in [0.25, 0.3) is 8.53 Å². The Hall–Kier alpha value is -0.850. The summed E-state index contributed by atoms with van der Waals surface area (Å²) in [7, 11) is -1.23. The lowest BCUT2D eigenvalue weighted by atomic mass is 10.3. The largest absolute Gasteiger partial charge is 0.377 e. The molecular formula is C18H36N3O6P. The summed E-state index contributed by atoms with van der Waals surface area (Å²) in [6, 6.07) is 2.64. The van der Waals surface area contributed by atoms with Gasteiger partial charge in [0.05, 0.1) is 65.3 Å². The third kappa shape index (κ3) is 15.1. The first-order valence-electron chi connectivity index (χ1n) is 9.66. The van der Waals surface area contributed by atoms with Crippen molar-refractivity contribution in [3.05, 3.63) is 0 Å². The highest BCUT2D eigenvalue weighted by Crippen LogP contribution is 2.45. The van der Waals surface area contributed by atoms with E-state index in [-0.39, 0.29) is 12.1 Å². The Labute approximate surface area is 170 Å². The highest BCUT2D eigenvalue weighted by atomic mass is 31.2. The van der Waals surface area contributed by atoms with Crippen molar-refractivity contribution in [1.82, 2.24) is 9.99 Å². The molecule has 0 aromatic carbocycles. The molecule has 0 aliphatic rings. The molecule has 9 nitrogen and oxygen atoms in total. The van der Waals surface area contributed by atoms with Crippen molar-refractivity contribution in [2.24, 2.45) is 0 Å². The zero-order chi connectivity index (χ0) is 21.0. The van der Waals surface area contributed by atoms with Crippen molar-refractivity contribution in [1.29, 1.82) is 5.26 Å². The second-order valence-corrected chi connectivity index (χ2v) is 7.74. The second kappa shape index (κ2) is 19.5. The van der Waals surface area contributed by atoms with E-state index in [0.29, 0.717) is 72.2 Å². The van der Waals surface area contributed by atoms with Crippen LogP contribution in [0.5, 0.6) is 0 Å². The number of hydrogen-bond acceptors (Lipinski definition) is 8. The fraction of sp³-hybridized carbons (Fsp3) is 0.889. The fourth-order valence-electron chi connectivity index (χ4n) is 2.22. The molecule has 0 aliphatic heterocycles. The van der Waals surface area contributed by atoms with E-state index in [2.05, 4.69) is 43.8 Å². The minimum atomic E-state index is -1.23. The van der Waals surface area contributed by atoms with Gasteiger partial charge in [-0.3, -0.25) is 4.79 Å². The van der Waals surface area contributed by atoms with Gasteiger partial charge in [0, 0.05) is 18.6 Å². The lowest BCUT2D eigenvalue weighted by molar-refractivity contribution is -0.109. The molecule has 0 saturated carbocycles. The fourth-order valence-corrected chi connectivity index (χ4v) is 3.79. The average molecular weight is 421 g/mol. The highest BCUT2D eigenvalue weighted by molar-refractivity contribution is 7.44. The van der Waals surface area contributed by atoms with E-state index in [1.165, 1.54) is 0 Å². The van der Waals surface area contributed by atoms with Crippen LogP contribution in [0.4, 0.5) is 0 Å². The first-order chi connectivity index (χ1) is 13.5. The minimum Gasteiger partial charge on any atom is -0.377 e. The van der Waals surface area contributed by atoms with E-state index in [1.807, 2.05) is 0 Å². The molecular weight excluding hydrogens is 385 g/mol. The molecule has 0 bridgehead atoms. The minimum absolute atomic E-state index is 0.277. The molecule has 1 unspecified atom stereocenters. The van der Waals surface area contributed by atoms with Gasteiger partial charge in [-0.05, 0) is 27.7 Å². The zero-order valence-electron chi connectivity index (χ0n) is 17.6. The van der Waals surface area contributed by atoms with Crippen LogP contribution in [0.3, 0.4) is 0 Å². The molecule has 1 amide bonds. The number of nitrogens with zero attached hydrogens (tertiary/aromatic N) is 2. The molecule has 0 aliphatic carbocycles. The van der Waals surface area contributed by atoms with Crippen LogP contribution >= 0.6 is 8.53 Å². The van der Waals surface area contributed by atoms with Crippen LogP contribution in [0.15, 0.2) is 0 Å². The van der Waals surface area contributed by atoms with Crippen LogP contribution in [0.25, 0.3) is 0 Å². The van der Waals surface area contributed by atoms with Crippen LogP contribution < -0.4 is 5.32 Å². The van der Waals surface area contributed by atoms with Crippen molar-refractivity contribution >= 4 is 14.9 Å². The van der Waals surface area contributed by atoms with Crippen LogP contribution in [0.1, 0.15) is 34.1 Å². The number of amides is 1. The van der Waals surface area contributed by atoms with Gasteiger partial charge in [-0.25, -0.2) is 4.67 Å². The first kappa shape index (κ1) is 27.1. The number of hydrogen-bond donors (Lipinski definition) is 1. The quantitative estimate of drug-likeness (QED) is 0.181. The maximum atomic E-state index is 10.0. The molecule has 0 radical (unpaired) electrons. The van der Waals surface area contributed by atoms with E-state index in [4.69, 9.17) is 28.5 Å². The molecule has 0 saturated heterocycles. The first-order valence-corrected chi connectivity index (χ1v) is 10.8. The third-order valence-corrected chi connectivity index (χ3v) is 5.42. The van der Waals surface area contributed by atoms with Crippen LogP contribution in [0, 0.1) is 11.3 Å². The maximum Gasteiger partial charge on any atom is 0.259 e. The maximum absolute atomic E-state index is 10.0. The van der Waals surface area contributed by atoms with Crippen molar-refractivity contribution in [3.63, 3.8) is 0 Å². The Kier molecular flexibility index (Phi) is 18.9. The topological polar surface area (TPSA) is 102 Å². The molecule has 1 N–H and O–H groups in total. The summed E-state index contributed by atoms with van der Waals surface area (Å²) < 4.78 is 30.1. The van der Waals surface area contributed by atoms with E-state index in [1.54, 1.807) is 0 Å². The summed E-state index contributed by atoms with van der Waals surface area (Å²) in [5.74, 6) is 0. The van der Waals surface area contributed by atoms with Crippen molar-refractivity contribution in [2.75, 3.05) is 59.4 Å². The Morgan fingerprint density at radius 3 is 1.89 bits per heavy atom. The van der Waals surface area contributed by atoms with Gasteiger partial charge >= 0.3 is 0 Å². The highest BCUT2D eigenvalue weighted by Gasteiger charge is 2.26. The summed E-state index contributed by atoms with van der Waals surface area (Å²) in [5, 5.41) is 11.2. The van der Waals surface area contributed by atoms with Crippen LogP contribution in [-0.2, 0) is 28.1 Å². The molecule has 0 aromatic heterocycles. The van der Waals surface area contributed by atoms with E-state index in [9.17, 15) is 4.79 Å². The predicted octanol–water partition coefficient (Wildman–Crippen LogP) is 2.07. The number of carbonyl (C=O) groups is 1. The summed E-state index contributed by atoms with van der Waals surface area (Å²) in [6.45, 7) is 12.5. The molecule has 0 rings (SSSR count). The number of ether oxygens (including phenoxy) is 3. The zero-order valence-corrected chi connectivity index (χ0v) is 18.5. The lowest BCUT2D eigenvalue weighted by Crippen LogP contribution is -2.34. The number of nitriles is 1. The lowest BCUT2D eigenvalue weighted by Gasteiger charge is -2.35. The Bertz CT molecular complexity index is 401. The Balaban J connectivity index is 3.83. The third-order valence-electron chi connectivity index (χ3n) is 3.31. The molecule has 0 aromatic rings. The molecule has 0 spiro atoms. The van der Waals surface area contributed by atoms with E-state index in [0.717, 1.165) is 0 Å². The van der Waals surface area contributed by atoms with Crippen molar-refractivity contribution in [2.45, 2.75) is 46.2 Å². The summed E-state index contributed by atoms with van der Waals surface area (Å²) in [6.07, 6.45) is 0.989. The van der Waals surface area contributed by atoms with Crippen molar-refractivity contribution in [3.8, 4) is 6.07 Å². The standard InChI is InChI=1S/C18H36N3O6P/c1-17(2)21(18(3)4)28(26-8-5-6-19)27-15-14-25-13-12-24-11-10-23-9-7-20-16-22/h16-18H,5,7-15H2,1-4H3,(H,20,22). The number of carbonyl (C=O) groups excluding carboxylic acids is 1. The molecule has 28 heavy (non-hydrogen) atoms. The number of rotatable bonds is 20. The molecule has 10 heteroatoms. The molecule has 164 valence electrons. The Morgan fingerprint density at radius 1 is 0.893 bits per heavy atom. The van der Waals surface area contributed by atoms with Gasteiger partial charge in [0.1, 0.15) is 0 Å². The normalized spacial score (nSPS) is 12.5. The van der Waals surface area contributed by atoms with Crippen LogP contribution in [0.2, 0.25) is 0 Å². The monoisotopic (exact) mass is 421 g/mol. The molecule has 0 fully saturated rings. The van der Waals surface area contributed by atoms with Gasteiger partial charge in [-0.15, -0.1) is 0 Å². The van der Waals surface area contributed by atoms with E-state index < -0.39 is 8.53 Å². The SMILES string of the molecule is CC(C)N(C(C)C)P(OCCC#N)OCCOCCOCCOCCNC=O. The van der Waals surface area contributed by atoms with Gasteiger partial charge in [-0.2, -0.15) is 5.26 Å². The predicted molar refractivity (Wildman–Crippen MR) is 108 cm³/mol. The van der Waals surface area contributed by atoms with Crippen molar-refractivity contribution < 1.29 is 28.1 Å². The van der Waals surface area contributed by atoms with E-state index >= 15 is 0 Å². The second-order valence-electron chi connectivity index (χ2n) is 6.29. The Morgan fingerprint density at radius 2 is 1.39 bits per heavy atom. The average Bonchev–Trinajstić information content (AvgIpc) is 2.64. The van der Waals surface area contributed by atoms with Gasteiger partial charge in [0.15, 0.2) is 0 Å². The van der Waals surface area contributed by atoms with Gasteiger partial charge in [-0.1, -0.05) is 0 Å². The van der Waals surface area contributed by atoms with Gasteiger partial charge in [0.2, 0.25) is 6.41 Å². The summed E-state index contributed by atoms with van der Waals surface area (Å²) in [4.78, 5) is 10.0. The summed E-state index contributed by atoms with van der Waals surface area (Å²) >= 11 is 0. The molecule has 0 heterocycles. The van der Waals surface area contributed by atoms with Gasteiger partial charge < -0.3 is 28.6 Å².